The Hall–Kier alpha value is -2.43. The third-order valence-corrected chi connectivity index (χ3v) is 2.52. The number of hydrogen-bond donors (Lipinski definition) is 2. The predicted molar refractivity (Wildman–Crippen MR) is 69.8 cm³/mol. The summed E-state index contributed by atoms with van der Waals surface area (Å²) in [7, 11) is 0. The van der Waals surface area contributed by atoms with Crippen LogP contribution in [0.4, 0.5) is 5.69 Å². The molecule has 5 heteroatoms. The average Bonchev–Trinajstić information content (AvgIpc) is 2.38. The lowest BCUT2D eigenvalue weighted by molar-refractivity contribution is 0.0690. The Morgan fingerprint density at radius 3 is 2.89 bits per heavy atom. The molecule has 0 unspecified atom stereocenters. The number of rotatable bonds is 5. The first kappa shape index (κ1) is 12.0. The summed E-state index contributed by atoms with van der Waals surface area (Å²) < 4.78 is 0. The van der Waals surface area contributed by atoms with E-state index in [1.165, 1.54) is 0 Å². The molecule has 2 rings (SSSR count). The molecule has 0 aliphatic rings. The second-order valence-corrected chi connectivity index (χ2v) is 3.75. The maximum Gasteiger partial charge on any atom is 0.358 e. The minimum absolute atomic E-state index is 0.0576. The zero-order chi connectivity index (χ0) is 13.0. The Bertz CT molecular complexity index is 596. The van der Waals surface area contributed by atoms with E-state index in [2.05, 4.69) is 22.1 Å². The summed E-state index contributed by atoms with van der Waals surface area (Å²) in [6.45, 7) is 4.24. The smallest absolute Gasteiger partial charge is 0.358 e. The average molecular weight is 243 g/mol. The molecule has 0 saturated heterocycles. The van der Waals surface area contributed by atoms with Gasteiger partial charge in [0.25, 0.3) is 0 Å². The Kier molecular flexibility index (Phi) is 3.52. The van der Waals surface area contributed by atoms with E-state index in [4.69, 9.17) is 5.11 Å². The van der Waals surface area contributed by atoms with Gasteiger partial charge in [-0.2, -0.15) is 0 Å². The maximum atomic E-state index is 11.1. The molecule has 1 aromatic heterocycles. The summed E-state index contributed by atoms with van der Waals surface area (Å²) >= 11 is 0. The summed E-state index contributed by atoms with van der Waals surface area (Å²) in [5.74, 6) is -1.09. The van der Waals surface area contributed by atoms with Gasteiger partial charge in [0.2, 0.25) is 0 Å². The normalized spacial score (nSPS) is 10.2. The van der Waals surface area contributed by atoms with E-state index in [1.54, 1.807) is 12.1 Å². The molecule has 0 bridgehead atoms. The first-order valence-corrected chi connectivity index (χ1v) is 5.57. The summed E-state index contributed by atoms with van der Waals surface area (Å²) in [6, 6.07) is 7.30. The predicted octanol–water partition coefficient (Wildman–Crippen LogP) is 2.32. The monoisotopic (exact) mass is 243 g/mol. The van der Waals surface area contributed by atoms with Gasteiger partial charge in [-0.05, 0) is 12.5 Å². The van der Waals surface area contributed by atoms with Gasteiger partial charge < -0.3 is 10.4 Å². The molecule has 18 heavy (non-hydrogen) atoms. The number of aromatic carboxylic acids is 1. The fourth-order valence-corrected chi connectivity index (χ4v) is 1.68. The molecule has 0 aliphatic heterocycles. The number of fused-ring (bicyclic) bond motifs is 1. The van der Waals surface area contributed by atoms with Crippen molar-refractivity contribution in [2.24, 2.45) is 0 Å². The lowest BCUT2D eigenvalue weighted by Crippen LogP contribution is -2.11. The first-order chi connectivity index (χ1) is 8.74. The Morgan fingerprint density at radius 1 is 1.39 bits per heavy atom. The summed E-state index contributed by atoms with van der Waals surface area (Å²) in [6.07, 6.45) is 2.51. The maximum absolute atomic E-state index is 11.1. The fourth-order valence-electron chi connectivity index (χ4n) is 1.68. The van der Waals surface area contributed by atoms with Gasteiger partial charge in [-0.25, -0.2) is 4.79 Å². The van der Waals surface area contributed by atoms with E-state index in [0.717, 1.165) is 11.8 Å². The van der Waals surface area contributed by atoms with Crippen molar-refractivity contribution in [2.75, 3.05) is 11.9 Å². The molecule has 2 aromatic rings. The molecule has 1 heterocycles. The zero-order valence-electron chi connectivity index (χ0n) is 9.76. The van der Waals surface area contributed by atoms with Crippen LogP contribution in [0.2, 0.25) is 0 Å². The Labute approximate surface area is 104 Å². The molecule has 92 valence electrons. The highest BCUT2D eigenvalue weighted by molar-refractivity contribution is 6.02. The molecule has 0 radical (unpaired) electrons. The van der Waals surface area contributed by atoms with Crippen molar-refractivity contribution in [3.8, 4) is 0 Å². The number of carboxylic acid groups (broad SMARTS) is 1. The van der Waals surface area contributed by atoms with Gasteiger partial charge in [-0.1, -0.05) is 24.3 Å². The lowest BCUT2D eigenvalue weighted by atomic mass is 10.1. The molecular formula is C13H13N3O2. The van der Waals surface area contributed by atoms with Crippen LogP contribution in [0.3, 0.4) is 0 Å². The van der Waals surface area contributed by atoms with E-state index < -0.39 is 5.97 Å². The topological polar surface area (TPSA) is 75.1 Å². The van der Waals surface area contributed by atoms with Gasteiger partial charge in [0.05, 0.1) is 11.2 Å². The quantitative estimate of drug-likeness (QED) is 0.622. The summed E-state index contributed by atoms with van der Waals surface area (Å²) in [5, 5.41) is 20.6. The fraction of sp³-hybridized carbons (Fsp3) is 0.154. The third kappa shape index (κ3) is 2.29. The van der Waals surface area contributed by atoms with Gasteiger partial charge in [0.1, 0.15) is 0 Å². The zero-order valence-corrected chi connectivity index (χ0v) is 9.76. The minimum Gasteiger partial charge on any atom is -0.476 e. The van der Waals surface area contributed by atoms with Gasteiger partial charge in [-0.3, -0.25) is 0 Å². The van der Waals surface area contributed by atoms with Crippen molar-refractivity contribution in [3.05, 3.63) is 42.6 Å². The van der Waals surface area contributed by atoms with E-state index >= 15 is 0 Å². The minimum atomic E-state index is -1.09. The first-order valence-electron chi connectivity index (χ1n) is 5.57. The molecule has 5 nitrogen and oxygen atoms in total. The van der Waals surface area contributed by atoms with Crippen molar-refractivity contribution in [3.63, 3.8) is 0 Å². The van der Waals surface area contributed by atoms with Crippen molar-refractivity contribution >= 4 is 22.6 Å². The van der Waals surface area contributed by atoms with Crippen LogP contribution in [0.25, 0.3) is 10.9 Å². The molecule has 0 amide bonds. The van der Waals surface area contributed by atoms with Crippen LogP contribution in [-0.4, -0.2) is 27.8 Å². The molecule has 2 N–H and O–H groups in total. The number of nitrogens with one attached hydrogen (secondary N) is 1. The van der Waals surface area contributed by atoms with Crippen molar-refractivity contribution in [1.29, 1.82) is 0 Å². The molecule has 0 atom stereocenters. The second-order valence-electron chi connectivity index (χ2n) is 3.75. The molecule has 0 fully saturated rings. The lowest BCUT2D eigenvalue weighted by Gasteiger charge is -2.10. The van der Waals surface area contributed by atoms with Gasteiger partial charge in [0.15, 0.2) is 5.69 Å². The van der Waals surface area contributed by atoms with Crippen molar-refractivity contribution in [2.45, 2.75) is 6.42 Å². The van der Waals surface area contributed by atoms with E-state index in [-0.39, 0.29) is 5.69 Å². The van der Waals surface area contributed by atoms with Crippen LogP contribution in [0.5, 0.6) is 0 Å². The van der Waals surface area contributed by atoms with Gasteiger partial charge in [0, 0.05) is 11.9 Å². The largest absolute Gasteiger partial charge is 0.476 e. The number of anilines is 1. The van der Waals surface area contributed by atoms with Crippen LogP contribution in [0, 0.1) is 0 Å². The second kappa shape index (κ2) is 5.27. The molecular weight excluding hydrogens is 230 g/mol. The van der Waals surface area contributed by atoms with Gasteiger partial charge >= 0.3 is 5.97 Å². The number of benzene rings is 1. The van der Waals surface area contributed by atoms with E-state index in [9.17, 15) is 4.79 Å². The van der Waals surface area contributed by atoms with Crippen LogP contribution >= 0.6 is 0 Å². The standard InChI is InChI=1S/C13H13N3O2/c1-2-3-8-14-11-9-6-4-5-7-10(9)15-16-12(11)13(17)18/h2,4-7H,1,3,8H2,(H,14,15)(H,17,18). The Balaban J connectivity index is 2.51. The van der Waals surface area contributed by atoms with Crippen LogP contribution in [0.1, 0.15) is 16.9 Å². The van der Waals surface area contributed by atoms with E-state index in [1.807, 2.05) is 18.2 Å². The van der Waals surface area contributed by atoms with E-state index in [0.29, 0.717) is 17.7 Å². The highest BCUT2D eigenvalue weighted by atomic mass is 16.4. The highest BCUT2D eigenvalue weighted by Crippen LogP contribution is 2.24. The number of hydrogen-bond acceptors (Lipinski definition) is 4. The number of aromatic nitrogens is 2. The summed E-state index contributed by atoms with van der Waals surface area (Å²) in [4.78, 5) is 11.1. The SMILES string of the molecule is C=CCCNc1c(C(=O)O)nnc2ccccc12. The van der Waals surface area contributed by atoms with Crippen molar-refractivity contribution < 1.29 is 9.90 Å². The molecule has 1 aromatic carbocycles. The number of carboxylic acids is 1. The van der Waals surface area contributed by atoms with Gasteiger partial charge in [-0.15, -0.1) is 16.8 Å². The number of carbonyl (C=O) groups is 1. The van der Waals surface area contributed by atoms with Crippen molar-refractivity contribution in [1.82, 2.24) is 10.2 Å². The molecule has 0 aliphatic carbocycles. The van der Waals surface area contributed by atoms with Crippen LogP contribution in [0.15, 0.2) is 36.9 Å². The third-order valence-electron chi connectivity index (χ3n) is 2.52. The molecule has 0 saturated carbocycles. The highest BCUT2D eigenvalue weighted by Gasteiger charge is 2.15. The molecule has 0 spiro atoms. The number of nitrogens with zero attached hydrogens (tertiary/aromatic N) is 2. The van der Waals surface area contributed by atoms with Crippen LogP contribution in [-0.2, 0) is 0 Å². The Morgan fingerprint density at radius 2 is 2.17 bits per heavy atom. The van der Waals surface area contributed by atoms with Crippen LogP contribution < -0.4 is 5.32 Å². The summed E-state index contributed by atoms with van der Waals surface area (Å²) in [5.41, 5.74) is 1.12.